The molecule has 0 aliphatic heterocycles. The standard InChI is InChI=1S/C10H11BrF4N2/c11-6-4-8(16)9(5-7(6)12)17-3-1-2-10(13,14)15/h4-5,17H,1-3,16H2. The molecule has 0 saturated heterocycles. The van der Waals surface area contributed by atoms with Gasteiger partial charge in [-0.3, -0.25) is 0 Å². The minimum atomic E-state index is -4.17. The Morgan fingerprint density at radius 2 is 1.94 bits per heavy atom. The fourth-order valence-corrected chi connectivity index (χ4v) is 1.59. The fourth-order valence-electron chi connectivity index (χ4n) is 1.23. The van der Waals surface area contributed by atoms with Crippen molar-refractivity contribution in [1.29, 1.82) is 0 Å². The van der Waals surface area contributed by atoms with Crippen LogP contribution in [-0.4, -0.2) is 12.7 Å². The van der Waals surface area contributed by atoms with E-state index in [1.165, 1.54) is 6.07 Å². The molecule has 0 aliphatic carbocycles. The number of alkyl halides is 3. The summed E-state index contributed by atoms with van der Waals surface area (Å²) in [6.45, 7) is 0.0881. The molecule has 0 unspecified atom stereocenters. The van der Waals surface area contributed by atoms with Crippen LogP contribution in [-0.2, 0) is 0 Å². The average molecular weight is 315 g/mol. The summed E-state index contributed by atoms with van der Waals surface area (Å²) in [7, 11) is 0. The third-order valence-electron chi connectivity index (χ3n) is 2.04. The lowest BCUT2D eigenvalue weighted by molar-refractivity contribution is -0.134. The molecule has 0 heterocycles. The van der Waals surface area contributed by atoms with Gasteiger partial charge < -0.3 is 11.1 Å². The van der Waals surface area contributed by atoms with Crippen LogP contribution in [0.4, 0.5) is 28.9 Å². The van der Waals surface area contributed by atoms with Crippen molar-refractivity contribution in [2.24, 2.45) is 0 Å². The number of hydrogen-bond acceptors (Lipinski definition) is 2. The van der Waals surface area contributed by atoms with Crippen LogP contribution >= 0.6 is 15.9 Å². The molecule has 0 atom stereocenters. The Morgan fingerprint density at radius 3 is 2.53 bits per heavy atom. The SMILES string of the molecule is Nc1cc(Br)c(F)cc1NCCCC(F)(F)F. The Bertz CT molecular complexity index is 393. The topological polar surface area (TPSA) is 38.0 Å². The van der Waals surface area contributed by atoms with E-state index < -0.39 is 18.4 Å². The van der Waals surface area contributed by atoms with Crippen LogP contribution in [0.5, 0.6) is 0 Å². The largest absolute Gasteiger partial charge is 0.397 e. The van der Waals surface area contributed by atoms with E-state index in [0.717, 1.165) is 6.07 Å². The molecule has 7 heteroatoms. The van der Waals surface area contributed by atoms with E-state index in [2.05, 4.69) is 21.2 Å². The molecule has 2 nitrogen and oxygen atoms in total. The third kappa shape index (κ3) is 4.80. The third-order valence-corrected chi connectivity index (χ3v) is 2.65. The molecular formula is C10H11BrF4N2. The highest BCUT2D eigenvalue weighted by Crippen LogP contribution is 2.27. The first-order valence-corrected chi connectivity index (χ1v) is 5.64. The second kappa shape index (κ2) is 5.57. The Balaban J connectivity index is 2.50. The Kier molecular flexibility index (Phi) is 4.62. The predicted octanol–water partition coefficient (Wildman–Crippen LogP) is 3.92. The first-order valence-electron chi connectivity index (χ1n) is 4.85. The van der Waals surface area contributed by atoms with Gasteiger partial charge in [0.05, 0.1) is 15.8 Å². The smallest absolute Gasteiger partial charge is 0.389 e. The molecule has 1 aromatic rings. The van der Waals surface area contributed by atoms with Gasteiger partial charge in [-0.05, 0) is 28.4 Å². The van der Waals surface area contributed by atoms with Gasteiger partial charge in [-0.2, -0.15) is 13.2 Å². The van der Waals surface area contributed by atoms with Crippen molar-refractivity contribution in [2.75, 3.05) is 17.6 Å². The van der Waals surface area contributed by atoms with E-state index >= 15 is 0 Å². The van der Waals surface area contributed by atoms with Crippen LogP contribution < -0.4 is 11.1 Å². The van der Waals surface area contributed by atoms with Crippen molar-refractivity contribution in [3.05, 3.63) is 22.4 Å². The highest BCUT2D eigenvalue weighted by atomic mass is 79.9. The zero-order valence-corrected chi connectivity index (χ0v) is 10.3. The number of anilines is 2. The lowest BCUT2D eigenvalue weighted by Crippen LogP contribution is -2.11. The number of nitrogens with one attached hydrogen (secondary N) is 1. The first kappa shape index (κ1) is 14.1. The molecular weight excluding hydrogens is 304 g/mol. The van der Waals surface area contributed by atoms with Crippen molar-refractivity contribution in [3.8, 4) is 0 Å². The van der Waals surface area contributed by atoms with Gasteiger partial charge in [-0.15, -0.1) is 0 Å². The molecule has 17 heavy (non-hydrogen) atoms. The van der Waals surface area contributed by atoms with Crippen LogP contribution in [0, 0.1) is 5.82 Å². The van der Waals surface area contributed by atoms with E-state index in [9.17, 15) is 17.6 Å². The highest BCUT2D eigenvalue weighted by Gasteiger charge is 2.25. The summed E-state index contributed by atoms with van der Waals surface area (Å²) in [6.07, 6.45) is -5.13. The van der Waals surface area contributed by atoms with Crippen LogP contribution in [0.1, 0.15) is 12.8 Å². The number of halogens is 5. The maximum absolute atomic E-state index is 13.1. The van der Waals surface area contributed by atoms with E-state index in [0.29, 0.717) is 5.69 Å². The lowest BCUT2D eigenvalue weighted by atomic mass is 10.2. The van der Waals surface area contributed by atoms with Crippen LogP contribution in [0.25, 0.3) is 0 Å². The van der Waals surface area contributed by atoms with E-state index in [4.69, 9.17) is 5.73 Å². The Labute approximate surface area is 104 Å². The van der Waals surface area contributed by atoms with Crippen molar-refractivity contribution < 1.29 is 17.6 Å². The van der Waals surface area contributed by atoms with Gasteiger partial charge in [0.1, 0.15) is 5.82 Å². The van der Waals surface area contributed by atoms with Gasteiger partial charge in [0.15, 0.2) is 0 Å². The first-order chi connectivity index (χ1) is 7.79. The quantitative estimate of drug-likeness (QED) is 0.502. The maximum Gasteiger partial charge on any atom is 0.389 e. The molecule has 0 spiro atoms. The Morgan fingerprint density at radius 1 is 1.29 bits per heavy atom. The van der Waals surface area contributed by atoms with Crippen molar-refractivity contribution >= 4 is 27.3 Å². The molecule has 0 radical (unpaired) electrons. The maximum atomic E-state index is 13.1. The zero-order chi connectivity index (χ0) is 13.1. The molecule has 96 valence electrons. The van der Waals surface area contributed by atoms with Gasteiger partial charge in [0.2, 0.25) is 0 Å². The second-order valence-corrected chi connectivity index (χ2v) is 4.35. The van der Waals surface area contributed by atoms with Crippen molar-refractivity contribution in [3.63, 3.8) is 0 Å². The molecule has 0 aliphatic rings. The number of nitrogens with two attached hydrogens (primary N) is 1. The summed E-state index contributed by atoms with van der Waals surface area (Å²) in [5, 5.41) is 2.67. The summed E-state index contributed by atoms with van der Waals surface area (Å²) < 4.78 is 48.9. The van der Waals surface area contributed by atoms with Crippen LogP contribution in [0.15, 0.2) is 16.6 Å². The van der Waals surface area contributed by atoms with Gasteiger partial charge in [-0.1, -0.05) is 0 Å². The molecule has 0 bridgehead atoms. The summed E-state index contributed by atoms with van der Waals surface area (Å²) in [6, 6.07) is 2.51. The van der Waals surface area contributed by atoms with Gasteiger partial charge in [-0.25, -0.2) is 4.39 Å². The summed E-state index contributed by atoms with van der Waals surface area (Å²) in [4.78, 5) is 0. The predicted molar refractivity (Wildman–Crippen MR) is 62.3 cm³/mol. The molecule has 0 aromatic heterocycles. The van der Waals surface area contributed by atoms with E-state index in [1.807, 2.05) is 0 Å². The van der Waals surface area contributed by atoms with Gasteiger partial charge in [0.25, 0.3) is 0 Å². The van der Waals surface area contributed by atoms with Crippen molar-refractivity contribution in [1.82, 2.24) is 0 Å². The number of benzene rings is 1. The van der Waals surface area contributed by atoms with Gasteiger partial charge >= 0.3 is 6.18 Å². The summed E-state index contributed by atoms with van der Waals surface area (Å²) in [5.74, 6) is -0.516. The average Bonchev–Trinajstić information content (AvgIpc) is 2.18. The molecule has 1 aromatic carbocycles. The molecule has 0 amide bonds. The zero-order valence-electron chi connectivity index (χ0n) is 8.74. The molecule has 0 fully saturated rings. The monoisotopic (exact) mass is 314 g/mol. The minimum absolute atomic E-state index is 0.0827. The minimum Gasteiger partial charge on any atom is -0.397 e. The Hall–Kier alpha value is -0.980. The lowest BCUT2D eigenvalue weighted by Gasteiger charge is -2.11. The fraction of sp³-hybridized carbons (Fsp3) is 0.400. The molecule has 0 saturated carbocycles. The molecule has 3 N–H and O–H groups in total. The number of hydrogen-bond donors (Lipinski definition) is 2. The highest BCUT2D eigenvalue weighted by molar-refractivity contribution is 9.10. The molecule has 1 rings (SSSR count). The van der Waals surface area contributed by atoms with Gasteiger partial charge in [0, 0.05) is 19.0 Å². The van der Waals surface area contributed by atoms with Crippen LogP contribution in [0.2, 0.25) is 0 Å². The van der Waals surface area contributed by atoms with Crippen molar-refractivity contribution in [2.45, 2.75) is 19.0 Å². The normalized spacial score (nSPS) is 11.6. The second-order valence-electron chi connectivity index (χ2n) is 3.50. The van der Waals surface area contributed by atoms with E-state index in [1.54, 1.807) is 0 Å². The summed E-state index contributed by atoms with van der Waals surface area (Å²) >= 11 is 2.96. The van der Waals surface area contributed by atoms with E-state index in [-0.39, 0.29) is 23.1 Å². The summed E-state index contributed by atoms with van der Waals surface area (Å²) in [5.41, 5.74) is 6.16. The number of nitrogen functional groups attached to an aromatic ring is 1. The number of rotatable bonds is 4. The van der Waals surface area contributed by atoms with Crippen LogP contribution in [0.3, 0.4) is 0 Å².